The zero-order valence-corrected chi connectivity index (χ0v) is 25.2. The van der Waals surface area contributed by atoms with Crippen LogP contribution >= 0.6 is 0 Å². The number of nitrogens with zero attached hydrogens (tertiary/aromatic N) is 4. The molecule has 9 heteroatoms. The van der Waals surface area contributed by atoms with E-state index < -0.39 is 22.8 Å². The number of aryl methyl sites for hydroxylation is 3. The van der Waals surface area contributed by atoms with Crippen LogP contribution in [0.15, 0.2) is 29.5 Å². The number of methoxy groups -OCH3 is 1. The van der Waals surface area contributed by atoms with E-state index in [1.165, 1.54) is 6.07 Å². The fourth-order valence-corrected chi connectivity index (χ4v) is 6.51. The molecule has 1 atom stereocenters. The van der Waals surface area contributed by atoms with E-state index in [0.29, 0.717) is 31.6 Å². The number of cyclic esters (lactones) is 1. The van der Waals surface area contributed by atoms with Gasteiger partial charge in [-0.15, -0.1) is 0 Å². The number of carbonyl (C=O) groups excluding carboxylic acids is 1. The molecule has 8 nitrogen and oxygen atoms in total. The Balaban J connectivity index is 1.60. The van der Waals surface area contributed by atoms with Gasteiger partial charge in [-0.1, -0.05) is 25.0 Å². The van der Waals surface area contributed by atoms with Crippen molar-refractivity contribution in [2.45, 2.75) is 83.2 Å². The summed E-state index contributed by atoms with van der Waals surface area (Å²) in [7, 11) is 5.47. The van der Waals surface area contributed by atoms with Crippen LogP contribution in [0.5, 0.6) is 0 Å². The molecule has 0 bridgehead atoms. The summed E-state index contributed by atoms with van der Waals surface area (Å²) in [5.41, 5.74) is 1.30. The first kappa shape index (κ1) is 30.6. The lowest BCUT2D eigenvalue weighted by Gasteiger charge is -2.42. The summed E-state index contributed by atoms with van der Waals surface area (Å²) in [4.78, 5) is 15.7. The third kappa shape index (κ3) is 6.28. The van der Waals surface area contributed by atoms with E-state index in [2.05, 4.69) is 11.2 Å². The number of rotatable bonds is 11. The fraction of sp³-hybridized carbons (Fsp3) is 0.594. The van der Waals surface area contributed by atoms with E-state index in [1.807, 2.05) is 32.0 Å². The molecular formula is C32H43FN4O4. The minimum absolute atomic E-state index is 0.0687. The minimum atomic E-state index is -0.926. The fourth-order valence-electron chi connectivity index (χ4n) is 6.51. The van der Waals surface area contributed by atoms with Crippen molar-refractivity contribution < 1.29 is 23.8 Å². The van der Waals surface area contributed by atoms with Crippen molar-refractivity contribution in [1.29, 1.82) is 5.26 Å². The van der Waals surface area contributed by atoms with Gasteiger partial charge in [-0.25, -0.2) is 9.18 Å². The minimum Gasteiger partial charge on any atom is -0.512 e. The molecule has 0 spiro atoms. The molecule has 2 heterocycles. The molecule has 41 heavy (non-hydrogen) atoms. The van der Waals surface area contributed by atoms with Crippen LogP contribution in [0.3, 0.4) is 0 Å². The van der Waals surface area contributed by atoms with Crippen molar-refractivity contribution in [3.8, 4) is 6.07 Å². The van der Waals surface area contributed by atoms with E-state index >= 15 is 0 Å². The predicted octanol–water partition coefficient (Wildman–Crippen LogP) is 5.61. The van der Waals surface area contributed by atoms with E-state index in [0.717, 1.165) is 48.3 Å². The Morgan fingerprint density at radius 1 is 1.34 bits per heavy atom. The summed E-state index contributed by atoms with van der Waals surface area (Å²) in [5, 5.41) is 25.4. The van der Waals surface area contributed by atoms with E-state index in [1.54, 1.807) is 31.7 Å². The van der Waals surface area contributed by atoms with Crippen LogP contribution in [-0.4, -0.2) is 53.8 Å². The summed E-state index contributed by atoms with van der Waals surface area (Å²) < 4.78 is 28.3. The van der Waals surface area contributed by atoms with Crippen LogP contribution in [0.4, 0.5) is 10.2 Å². The third-order valence-corrected chi connectivity index (χ3v) is 8.94. The number of esters is 1. The van der Waals surface area contributed by atoms with Gasteiger partial charge in [-0.2, -0.15) is 10.4 Å². The van der Waals surface area contributed by atoms with Gasteiger partial charge in [0.25, 0.3) is 0 Å². The Morgan fingerprint density at radius 3 is 2.66 bits per heavy atom. The second-order valence-electron chi connectivity index (χ2n) is 12.2. The second kappa shape index (κ2) is 12.2. The lowest BCUT2D eigenvalue weighted by molar-refractivity contribution is -0.167. The van der Waals surface area contributed by atoms with Crippen molar-refractivity contribution in [3.05, 3.63) is 57.7 Å². The molecular weight excluding hydrogens is 523 g/mol. The van der Waals surface area contributed by atoms with E-state index in [9.17, 15) is 19.6 Å². The van der Waals surface area contributed by atoms with E-state index in [4.69, 9.17) is 9.47 Å². The van der Waals surface area contributed by atoms with Crippen LogP contribution in [-0.2, 0) is 39.6 Å². The highest BCUT2D eigenvalue weighted by atomic mass is 19.1. The van der Waals surface area contributed by atoms with Gasteiger partial charge in [0, 0.05) is 51.7 Å². The summed E-state index contributed by atoms with van der Waals surface area (Å²) in [5.74, 6) is 0.164. The lowest BCUT2D eigenvalue weighted by Crippen LogP contribution is -2.46. The van der Waals surface area contributed by atoms with Gasteiger partial charge >= 0.3 is 5.97 Å². The van der Waals surface area contributed by atoms with Crippen molar-refractivity contribution in [3.63, 3.8) is 0 Å². The van der Waals surface area contributed by atoms with Crippen LogP contribution < -0.4 is 4.90 Å². The molecule has 1 saturated carbocycles. The molecule has 0 saturated heterocycles. The highest BCUT2D eigenvalue weighted by Gasteiger charge is 2.48. The zero-order chi connectivity index (χ0) is 29.9. The molecule has 0 radical (unpaired) electrons. The Bertz CT molecular complexity index is 1350. The van der Waals surface area contributed by atoms with Crippen molar-refractivity contribution >= 4 is 11.8 Å². The molecule has 4 rings (SSSR count). The number of aliphatic hydroxyl groups excluding tert-OH is 1. The number of nitriles is 1. The number of benzene rings is 1. The molecule has 1 aromatic heterocycles. The largest absolute Gasteiger partial charge is 0.512 e. The maximum absolute atomic E-state index is 15.0. The Hall–Kier alpha value is -3.38. The number of hydrogen-bond acceptors (Lipinski definition) is 7. The first-order chi connectivity index (χ1) is 19.4. The number of hydrogen-bond donors (Lipinski definition) is 1. The molecule has 1 aromatic carbocycles. The molecule has 2 aliphatic rings. The summed E-state index contributed by atoms with van der Waals surface area (Å²) in [6, 6.07) is 7.16. The summed E-state index contributed by atoms with van der Waals surface area (Å²) >= 11 is 0. The van der Waals surface area contributed by atoms with Crippen molar-refractivity contribution in [2.24, 2.45) is 13.0 Å². The molecule has 1 aliphatic heterocycles. The average Bonchev–Trinajstić information content (AvgIpc) is 3.56. The van der Waals surface area contributed by atoms with Gasteiger partial charge in [0.1, 0.15) is 23.0 Å². The van der Waals surface area contributed by atoms with Crippen molar-refractivity contribution in [2.75, 3.05) is 32.2 Å². The molecule has 0 amide bonds. The standard InChI is InChI=1S/C32H43FN4O4/c1-21-24(29(37(5)35-21)36(4)15-16-40-6)18-25-28(38)19-32(41-30(25)39,23-9-7-8-10-23)14-13-22-11-12-26(27(33)17-22)31(2,3)20-34/h11-12,17,23,38H,7-10,13-16,18-19H2,1-6H3. The predicted molar refractivity (Wildman–Crippen MR) is 155 cm³/mol. The molecule has 1 aliphatic carbocycles. The van der Waals surface area contributed by atoms with Gasteiger partial charge in [-0.3, -0.25) is 4.68 Å². The maximum Gasteiger partial charge on any atom is 0.338 e. The molecule has 2 aromatic rings. The quantitative estimate of drug-likeness (QED) is 0.353. The summed E-state index contributed by atoms with van der Waals surface area (Å²) in [6.45, 7) is 6.49. The van der Waals surface area contributed by atoms with Crippen LogP contribution in [0.25, 0.3) is 0 Å². The first-order valence-corrected chi connectivity index (χ1v) is 14.5. The first-order valence-electron chi connectivity index (χ1n) is 14.5. The lowest BCUT2D eigenvalue weighted by atomic mass is 9.76. The monoisotopic (exact) mass is 566 g/mol. The van der Waals surface area contributed by atoms with Crippen molar-refractivity contribution in [1.82, 2.24) is 9.78 Å². The number of aromatic nitrogens is 2. The second-order valence-corrected chi connectivity index (χ2v) is 12.2. The highest BCUT2D eigenvalue weighted by Crippen LogP contribution is 2.46. The molecule has 222 valence electrons. The number of anilines is 1. The van der Waals surface area contributed by atoms with E-state index in [-0.39, 0.29) is 30.1 Å². The Labute approximate surface area is 242 Å². The normalized spacial score (nSPS) is 19.9. The van der Waals surface area contributed by atoms with Gasteiger partial charge in [0.2, 0.25) is 0 Å². The number of carbonyl (C=O) groups is 1. The smallest absolute Gasteiger partial charge is 0.338 e. The molecule has 1 unspecified atom stereocenters. The van der Waals surface area contributed by atoms with Gasteiger partial charge in [0.15, 0.2) is 0 Å². The Kier molecular flexibility index (Phi) is 9.13. The number of aliphatic hydroxyl groups is 1. The highest BCUT2D eigenvalue weighted by molar-refractivity contribution is 5.91. The third-order valence-electron chi connectivity index (χ3n) is 8.94. The number of ether oxygens (including phenoxy) is 2. The summed E-state index contributed by atoms with van der Waals surface area (Å²) in [6.07, 6.45) is 5.41. The Morgan fingerprint density at radius 2 is 2.05 bits per heavy atom. The topological polar surface area (TPSA) is 101 Å². The van der Waals surface area contributed by atoms with Crippen LogP contribution in [0.2, 0.25) is 0 Å². The number of halogens is 1. The maximum atomic E-state index is 15.0. The van der Waals surface area contributed by atoms with Crippen LogP contribution in [0.1, 0.15) is 74.8 Å². The molecule has 1 fully saturated rings. The average molecular weight is 567 g/mol. The zero-order valence-electron chi connectivity index (χ0n) is 25.2. The SMILES string of the molecule is COCCN(C)c1c(CC2=C(O)CC(CCc3ccc(C(C)(C)C#N)c(F)c3)(C3CCCC3)OC2=O)c(C)nn1C. The number of likely N-dealkylation sites (N-methyl/N-ethyl adjacent to an activating group) is 1. The van der Waals surface area contributed by atoms with Gasteiger partial charge in [-0.05, 0) is 64.0 Å². The molecule has 1 N–H and O–H groups in total. The van der Waals surface area contributed by atoms with Gasteiger partial charge < -0.3 is 19.5 Å². The van der Waals surface area contributed by atoms with Gasteiger partial charge in [0.05, 0.1) is 29.4 Å². The van der Waals surface area contributed by atoms with Crippen LogP contribution in [0, 0.1) is 30.0 Å².